The molecule has 0 aliphatic rings. The van der Waals surface area contributed by atoms with Crippen molar-refractivity contribution in [3.05, 3.63) is 47.5 Å². The minimum atomic E-state index is 1.09. The fraction of sp³-hybridized carbons (Fsp3) is 0.579. The highest BCUT2D eigenvalue weighted by Gasteiger charge is 1.94. The van der Waals surface area contributed by atoms with Crippen LogP contribution in [0.2, 0.25) is 0 Å². The van der Waals surface area contributed by atoms with Crippen LogP contribution in [0.1, 0.15) is 70.8 Å². The lowest BCUT2D eigenvalue weighted by Gasteiger charge is -2.03. The third kappa shape index (κ3) is 8.64. The Labute approximate surface area is 119 Å². The molecule has 0 aliphatic heterocycles. The molecule has 0 nitrogen and oxygen atoms in total. The number of hydrogen-bond acceptors (Lipinski definition) is 0. The zero-order valence-corrected chi connectivity index (χ0v) is 12.8. The van der Waals surface area contributed by atoms with E-state index in [4.69, 9.17) is 0 Å². The number of hydrogen-bond donors (Lipinski definition) is 0. The molecule has 0 saturated carbocycles. The Bertz CT molecular complexity index is 334. The molecular weight excluding hydrogens is 228 g/mol. The molecule has 0 spiro atoms. The second kappa shape index (κ2) is 10.8. The molecule has 0 heterocycles. The summed E-state index contributed by atoms with van der Waals surface area (Å²) < 4.78 is 0. The summed E-state index contributed by atoms with van der Waals surface area (Å²) in [4.78, 5) is 0. The summed E-state index contributed by atoms with van der Waals surface area (Å²) in [7, 11) is 0. The molecule has 0 bridgehead atoms. The summed E-state index contributed by atoms with van der Waals surface area (Å²) in [5.74, 6) is 0. The van der Waals surface area contributed by atoms with Crippen molar-refractivity contribution in [2.45, 2.75) is 71.6 Å². The van der Waals surface area contributed by atoms with E-state index in [1.807, 2.05) is 0 Å². The molecular formula is C19H30. The predicted molar refractivity (Wildman–Crippen MR) is 86.5 cm³/mol. The van der Waals surface area contributed by atoms with Gasteiger partial charge in [-0.3, -0.25) is 0 Å². The molecule has 1 aromatic rings. The average Bonchev–Trinajstić information content (AvgIpc) is 2.45. The van der Waals surface area contributed by atoms with Gasteiger partial charge in [-0.2, -0.15) is 0 Å². The molecule has 0 heteroatoms. The van der Waals surface area contributed by atoms with E-state index in [-0.39, 0.29) is 0 Å². The number of rotatable bonds is 10. The first-order valence-electron chi connectivity index (χ1n) is 8.02. The highest BCUT2D eigenvalue weighted by atomic mass is 14.0. The maximum Gasteiger partial charge on any atom is -0.00949 e. The summed E-state index contributed by atoms with van der Waals surface area (Å²) in [5, 5.41) is 0. The van der Waals surface area contributed by atoms with E-state index in [9.17, 15) is 0 Å². The molecule has 0 fully saturated rings. The minimum Gasteiger partial charge on any atom is -0.0812 e. The van der Waals surface area contributed by atoms with Crippen LogP contribution in [-0.4, -0.2) is 0 Å². The van der Waals surface area contributed by atoms with Crippen molar-refractivity contribution in [1.29, 1.82) is 0 Å². The van der Waals surface area contributed by atoms with Crippen LogP contribution in [0.4, 0.5) is 0 Å². The SMILES string of the molecule is CCCCCCCCCC(C)=CCc1ccccc1. The minimum absolute atomic E-state index is 1.09. The fourth-order valence-electron chi connectivity index (χ4n) is 2.37. The van der Waals surface area contributed by atoms with E-state index in [1.54, 1.807) is 5.57 Å². The molecule has 0 atom stereocenters. The Hall–Kier alpha value is -1.04. The zero-order valence-electron chi connectivity index (χ0n) is 12.8. The Morgan fingerprint density at radius 3 is 2.21 bits per heavy atom. The van der Waals surface area contributed by atoms with E-state index in [2.05, 4.69) is 50.3 Å². The van der Waals surface area contributed by atoms with Crippen LogP contribution in [0, 0.1) is 0 Å². The lowest BCUT2D eigenvalue weighted by atomic mass is 10.0. The summed E-state index contributed by atoms with van der Waals surface area (Å²) in [5.41, 5.74) is 2.97. The summed E-state index contributed by atoms with van der Waals surface area (Å²) in [6.07, 6.45) is 14.6. The lowest BCUT2D eigenvalue weighted by molar-refractivity contribution is 0.588. The first-order valence-corrected chi connectivity index (χ1v) is 8.02. The fourth-order valence-corrected chi connectivity index (χ4v) is 2.37. The monoisotopic (exact) mass is 258 g/mol. The van der Waals surface area contributed by atoms with E-state index < -0.39 is 0 Å². The van der Waals surface area contributed by atoms with Gasteiger partial charge in [-0.25, -0.2) is 0 Å². The number of benzene rings is 1. The maximum atomic E-state index is 2.40. The van der Waals surface area contributed by atoms with Gasteiger partial charge >= 0.3 is 0 Å². The predicted octanol–water partition coefficient (Wildman–Crippen LogP) is 6.32. The van der Waals surface area contributed by atoms with Gasteiger partial charge in [0.2, 0.25) is 0 Å². The van der Waals surface area contributed by atoms with Gasteiger partial charge in [-0.05, 0) is 31.7 Å². The Kier molecular flexibility index (Phi) is 9.14. The topological polar surface area (TPSA) is 0 Å². The van der Waals surface area contributed by atoms with Crippen molar-refractivity contribution in [3.63, 3.8) is 0 Å². The first-order chi connectivity index (χ1) is 9.33. The van der Waals surface area contributed by atoms with Gasteiger partial charge in [-0.1, -0.05) is 87.4 Å². The lowest BCUT2D eigenvalue weighted by Crippen LogP contribution is -1.85. The zero-order chi connectivity index (χ0) is 13.8. The van der Waals surface area contributed by atoms with Crippen molar-refractivity contribution in [1.82, 2.24) is 0 Å². The third-order valence-corrected chi connectivity index (χ3v) is 3.70. The molecule has 0 saturated heterocycles. The van der Waals surface area contributed by atoms with Gasteiger partial charge in [0.15, 0.2) is 0 Å². The molecule has 19 heavy (non-hydrogen) atoms. The second-order valence-electron chi connectivity index (χ2n) is 5.61. The van der Waals surface area contributed by atoms with Crippen LogP contribution in [0.25, 0.3) is 0 Å². The summed E-state index contributed by atoms with van der Waals surface area (Å²) in [6.45, 7) is 4.56. The Balaban J connectivity index is 2.05. The first kappa shape index (κ1) is 16.0. The highest BCUT2D eigenvalue weighted by Crippen LogP contribution is 2.13. The second-order valence-corrected chi connectivity index (χ2v) is 5.61. The summed E-state index contributed by atoms with van der Waals surface area (Å²) >= 11 is 0. The van der Waals surface area contributed by atoms with Gasteiger partial charge < -0.3 is 0 Å². The normalized spacial score (nSPS) is 11.8. The Morgan fingerprint density at radius 1 is 0.895 bits per heavy atom. The van der Waals surface area contributed by atoms with E-state index in [0.717, 1.165) is 6.42 Å². The van der Waals surface area contributed by atoms with E-state index >= 15 is 0 Å². The number of unbranched alkanes of at least 4 members (excludes halogenated alkanes) is 6. The van der Waals surface area contributed by atoms with Gasteiger partial charge in [0, 0.05) is 0 Å². The smallest absolute Gasteiger partial charge is 0.00949 e. The van der Waals surface area contributed by atoms with Crippen molar-refractivity contribution in [2.24, 2.45) is 0 Å². The van der Waals surface area contributed by atoms with Crippen molar-refractivity contribution in [3.8, 4) is 0 Å². The van der Waals surface area contributed by atoms with Crippen LogP contribution >= 0.6 is 0 Å². The van der Waals surface area contributed by atoms with Gasteiger partial charge in [0.05, 0.1) is 0 Å². The van der Waals surface area contributed by atoms with Crippen LogP contribution in [-0.2, 0) is 6.42 Å². The van der Waals surface area contributed by atoms with Crippen molar-refractivity contribution in [2.75, 3.05) is 0 Å². The molecule has 0 N–H and O–H groups in total. The molecule has 1 aromatic carbocycles. The number of allylic oxidation sites excluding steroid dienone is 2. The molecule has 106 valence electrons. The molecule has 0 unspecified atom stereocenters. The third-order valence-electron chi connectivity index (χ3n) is 3.70. The highest BCUT2D eigenvalue weighted by molar-refractivity contribution is 5.18. The maximum absolute atomic E-state index is 2.40. The van der Waals surface area contributed by atoms with Crippen LogP contribution in [0.3, 0.4) is 0 Å². The van der Waals surface area contributed by atoms with Crippen LogP contribution < -0.4 is 0 Å². The largest absolute Gasteiger partial charge is 0.0812 e. The van der Waals surface area contributed by atoms with Gasteiger partial charge in [0.1, 0.15) is 0 Å². The molecule has 0 aromatic heterocycles. The quantitative estimate of drug-likeness (QED) is 0.340. The van der Waals surface area contributed by atoms with E-state index in [1.165, 1.54) is 56.9 Å². The summed E-state index contributed by atoms with van der Waals surface area (Å²) in [6, 6.07) is 10.7. The van der Waals surface area contributed by atoms with Crippen LogP contribution in [0.5, 0.6) is 0 Å². The molecule has 0 radical (unpaired) electrons. The molecule has 0 amide bonds. The van der Waals surface area contributed by atoms with E-state index in [0.29, 0.717) is 0 Å². The van der Waals surface area contributed by atoms with Crippen LogP contribution in [0.15, 0.2) is 42.0 Å². The van der Waals surface area contributed by atoms with Crippen molar-refractivity contribution >= 4 is 0 Å². The van der Waals surface area contributed by atoms with Crippen molar-refractivity contribution < 1.29 is 0 Å². The molecule has 1 rings (SSSR count). The standard InChI is InChI=1S/C19H30/c1-3-4-5-6-7-8-10-13-18(2)16-17-19-14-11-9-12-15-19/h9,11-12,14-16H,3-8,10,13,17H2,1-2H3. The van der Waals surface area contributed by atoms with Gasteiger partial charge in [-0.15, -0.1) is 0 Å². The average molecular weight is 258 g/mol. The molecule has 0 aliphatic carbocycles. The van der Waals surface area contributed by atoms with Gasteiger partial charge in [0.25, 0.3) is 0 Å². The Morgan fingerprint density at radius 2 is 1.53 bits per heavy atom.